The van der Waals surface area contributed by atoms with Gasteiger partial charge in [-0.25, -0.2) is 21.7 Å². The number of pyridine rings is 1. The Labute approximate surface area is 137 Å². The number of fused-ring (bicyclic) bond motifs is 1. The number of nitrogens with one attached hydrogen (secondary N) is 1. The van der Waals surface area contributed by atoms with Crippen LogP contribution in [0.15, 0.2) is 46.0 Å². The molecule has 0 aliphatic carbocycles. The molecule has 0 atom stereocenters. The molecule has 0 radical (unpaired) electrons. The molecular formula is C13H8BrF2N3O3S. The van der Waals surface area contributed by atoms with Crippen molar-refractivity contribution in [3.8, 4) is 5.75 Å². The van der Waals surface area contributed by atoms with Crippen molar-refractivity contribution in [3.05, 3.63) is 52.8 Å². The minimum atomic E-state index is -4.20. The third-order valence-electron chi connectivity index (χ3n) is 3.01. The molecule has 0 fully saturated rings. The third-order valence-corrected chi connectivity index (χ3v) is 5.00. The number of nitrogens with zero attached hydrogens (tertiary/aromatic N) is 2. The average Bonchev–Trinajstić information content (AvgIpc) is 2.88. The summed E-state index contributed by atoms with van der Waals surface area (Å²) in [4.78, 5) is -0.236. The quantitative estimate of drug-likeness (QED) is 0.658. The van der Waals surface area contributed by atoms with Crippen molar-refractivity contribution in [2.75, 3.05) is 4.72 Å². The van der Waals surface area contributed by atoms with Crippen molar-refractivity contribution in [1.82, 2.24) is 9.61 Å². The highest BCUT2D eigenvalue weighted by atomic mass is 79.9. The van der Waals surface area contributed by atoms with E-state index in [4.69, 9.17) is 0 Å². The fourth-order valence-electron chi connectivity index (χ4n) is 1.96. The maximum atomic E-state index is 13.8. The van der Waals surface area contributed by atoms with Gasteiger partial charge in [0.25, 0.3) is 10.0 Å². The molecule has 2 N–H and O–H groups in total. The number of hydrogen-bond donors (Lipinski definition) is 2. The van der Waals surface area contributed by atoms with Crippen molar-refractivity contribution in [2.45, 2.75) is 4.90 Å². The minimum Gasteiger partial charge on any atom is -0.506 e. The van der Waals surface area contributed by atoms with Crippen LogP contribution in [0.5, 0.6) is 5.75 Å². The number of aromatic nitrogens is 2. The van der Waals surface area contributed by atoms with Gasteiger partial charge in [0.1, 0.15) is 22.3 Å². The van der Waals surface area contributed by atoms with Crippen LogP contribution in [0.2, 0.25) is 0 Å². The van der Waals surface area contributed by atoms with Crippen LogP contribution in [0.4, 0.5) is 14.5 Å². The highest BCUT2D eigenvalue weighted by Gasteiger charge is 2.22. The van der Waals surface area contributed by atoms with E-state index in [0.29, 0.717) is 0 Å². The van der Waals surface area contributed by atoms with Crippen LogP contribution in [-0.4, -0.2) is 23.1 Å². The van der Waals surface area contributed by atoms with Gasteiger partial charge >= 0.3 is 0 Å². The van der Waals surface area contributed by atoms with Gasteiger partial charge in [-0.1, -0.05) is 0 Å². The summed E-state index contributed by atoms with van der Waals surface area (Å²) >= 11 is 2.81. The van der Waals surface area contributed by atoms with Crippen LogP contribution < -0.4 is 4.72 Å². The largest absolute Gasteiger partial charge is 0.506 e. The number of halogens is 3. The summed E-state index contributed by atoms with van der Waals surface area (Å²) in [6, 6.07) is 4.18. The number of sulfonamides is 1. The van der Waals surface area contributed by atoms with Crippen molar-refractivity contribution < 1.29 is 22.3 Å². The van der Waals surface area contributed by atoms with Crippen LogP contribution >= 0.6 is 15.9 Å². The van der Waals surface area contributed by atoms with Crippen molar-refractivity contribution in [3.63, 3.8) is 0 Å². The summed E-state index contributed by atoms with van der Waals surface area (Å²) in [5.41, 5.74) is -0.350. The van der Waals surface area contributed by atoms with E-state index in [1.54, 1.807) is 0 Å². The summed E-state index contributed by atoms with van der Waals surface area (Å²) in [7, 11) is -4.20. The predicted octanol–water partition coefficient (Wildman–Crippen LogP) is 2.88. The van der Waals surface area contributed by atoms with Gasteiger partial charge in [-0.3, -0.25) is 4.72 Å². The standard InChI is InChI=1S/C13H8BrF2N3O3S/c14-8-3-10(16)11(4-9(8)15)18-23(21,22)13-5-17-19-6-7(20)1-2-12(13)19/h1-6,18,20H. The summed E-state index contributed by atoms with van der Waals surface area (Å²) in [6.45, 7) is 0. The molecule has 0 bridgehead atoms. The van der Waals surface area contributed by atoms with Crippen molar-refractivity contribution in [2.24, 2.45) is 0 Å². The lowest BCUT2D eigenvalue weighted by Gasteiger charge is -2.09. The second-order valence-corrected chi connectivity index (χ2v) is 7.08. The van der Waals surface area contributed by atoms with Gasteiger partial charge in [-0.05, 0) is 34.1 Å². The number of benzene rings is 1. The first-order valence-corrected chi connectivity index (χ1v) is 8.39. The SMILES string of the molecule is O=S(=O)(Nc1cc(F)c(Br)cc1F)c1cnn2cc(O)ccc12. The van der Waals surface area contributed by atoms with Crippen LogP contribution in [0.3, 0.4) is 0 Å². The first kappa shape index (κ1) is 15.7. The van der Waals surface area contributed by atoms with Gasteiger partial charge in [-0.2, -0.15) is 5.10 Å². The summed E-state index contributed by atoms with van der Waals surface area (Å²) < 4.78 is 55.1. The van der Waals surface area contributed by atoms with E-state index < -0.39 is 27.3 Å². The Hall–Kier alpha value is -2.20. The molecule has 0 unspecified atom stereocenters. The zero-order valence-corrected chi connectivity index (χ0v) is 13.6. The molecule has 6 nitrogen and oxygen atoms in total. The lowest BCUT2D eigenvalue weighted by Crippen LogP contribution is -2.14. The summed E-state index contributed by atoms with van der Waals surface area (Å²) in [5.74, 6) is -1.84. The Bertz CT molecular complexity index is 1020. The molecule has 3 aromatic rings. The van der Waals surface area contributed by atoms with E-state index in [1.165, 1.54) is 18.3 Å². The zero-order valence-electron chi connectivity index (χ0n) is 11.2. The summed E-state index contributed by atoms with van der Waals surface area (Å²) in [5, 5.41) is 13.2. The highest BCUT2D eigenvalue weighted by Crippen LogP contribution is 2.27. The van der Waals surface area contributed by atoms with E-state index in [9.17, 15) is 22.3 Å². The van der Waals surface area contributed by atoms with Crippen molar-refractivity contribution >= 4 is 37.2 Å². The maximum Gasteiger partial charge on any atom is 0.265 e. The second kappa shape index (κ2) is 5.46. The Kier molecular flexibility index (Phi) is 3.72. The van der Waals surface area contributed by atoms with E-state index in [1.807, 2.05) is 4.72 Å². The number of rotatable bonds is 3. The van der Waals surface area contributed by atoms with Crippen LogP contribution in [0.1, 0.15) is 0 Å². The van der Waals surface area contributed by atoms with Gasteiger partial charge in [-0.15, -0.1) is 0 Å². The normalized spacial score (nSPS) is 11.8. The molecule has 23 heavy (non-hydrogen) atoms. The van der Waals surface area contributed by atoms with E-state index in [2.05, 4.69) is 21.0 Å². The third kappa shape index (κ3) is 2.86. The first-order chi connectivity index (χ1) is 10.8. The van der Waals surface area contributed by atoms with E-state index in [0.717, 1.165) is 22.8 Å². The fourth-order valence-corrected chi connectivity index (χ4v) is 3.45. The molecule has 1 aromatic carbocycles. The minimum absolute atomic E-state index is 0.0986. The monoisotopic (exact) mass is 403 g/mol. The van der Waals surface area contributed by atoms with Crippen LogP contribution in [-0.2, 0) is 10.0 Å². The fraction of sp³-hybridized carbons (Fsp3) is 0. The second-order valence-electron chi connectivity index (χ2n) is 4.58. The topological polar surface area (TPSA) is 83.7 Å². The lowest BCUT2D eigenvalue weighted by molar-refractivity contribution is 0.470. The molecule has 0 saturated heterocycles. The van der Waals surface area contributed by atoms with E-state index >= 15 is 0 Å². The van der Waals surface area contributed by atoms with Gasteiger partial charge in [0, 0.05) is 6.07 Å². The van der Waals surface area contributed by atoms with Gasteiger partial charge in [0.05, 0.1) is 28.1 Å². The highest BCUT2D eigenvalue weighted by molar-refractivity contribution is 9.10. The van der Waals surface area contributed by atoms with E-state index in [-0.39, 0.29) is 20.6 Å². The zero-order chi connectivity index (χ0) is 16.8. The predicted molar refractivity (Wildman–Crippen MR) is 81.7 cm³/mol. The molecular weight excluding hydrogens is 396 g/mol. The number of anilines is 1. The molecule has 10 heteroatoms. The molecule has 120 valence electrons. The summed E-state index contributed by atoms with van der Waals surface area (Å²) in [6.07, 6.45) is 2.26. The smallest absolute Gasteiger partial charge is 0.265 e. The van der Waals surface area contributed by atoms with Gasteiger partial charge in [0.2, 0.25) is 0 Å². The molecule has 0 amide bonds. The molecule has 0 saturated carbocycles. The molecule has 3 rings (SSSR count). The molecule has 0 aliphatic heterocycles. The van der Waals surface area contributed by atoms with Gasteiger partial charge < -0.3 is 5.11 Å². The molecule has 0 spiro atoms. The number of hydrogen-bond acceptors (Lipinski definition) is 4. The Morgan fingerprint density at radius 3 is 2.70 bits per heavy atom. The van der Waals surface area contributed by atoms with Crippen LogP contribution in [0.25, 0.3) is 5.52 Å². The number of aromatic hydroxyl groups is 1. The Morgan fingerprint density at radius 2 is 1.96 bits per heavy atom. The Morgan fingerprint density at radius 1 is 1.22 bits per heavy atom. The average molecular weight is 404 g/mol. The molecule has 0 aliphatic rings. The van der Waals surface area contributed by atoms with Gasteiger partial charge in [0.15, 0.2) is 0 Å². The first-order valence-electron chi connectivity index (χ1n) is 6.11. The lowest BCUT2D eigenvalue weighted by atomic mass is 10.3. The molecule has 2 heterocycles. The Balaban J connectivity index is 2.06. The van der Waals surface area contributed by atoms with Crippen molar-refractivity contribution in [1.29, 1.82) is 0 Å². The maximum absolute atomic E-state index is 13.8. The van der Waals surface area contributed by atoms with Crippen LogP contribution in [0, 0.1) is 11.6 Å². The molecule has 2 aromatic heterocycles.